The van der Waals surface area contributed by atoms with Crippen molar-refractivity contribution in [1.29, 1.82) is 0 Å². The molecule has 0 bridgehead atoms. The monoisotopic (exact) mass is 417 g/mol. The number of hydrogen-bond donors (Lipinski definition) is 1. The number of methoxy groups -OCH3 is 1. The third-order valence-corrected chi connectivity index (χ3v) is 6.54. The van der Waals surface area contributed by atoms with Crippen molar-refractivity contribution in [3.8, 4) is 0 Å². The van der Waals surface area contributed by atoms with Gasteiger partial charge in [0.15, 0.2) is 0 Å². The topological polar surface area (TPSA) is 79.8 Å². The fraction of sp³-hybridized carbons (Fsp3) is 0.773. The van der Waals surface area contributed by atoms with Gasteiger partial charge in [0, 0.05) is 63.9 Å². The number of nitrogens with zero attached hydrogens (tertiary/aromatic N) is 4. The summed E-state index contributed by atoms with van der Waals surface area (Å²) in [5.74, 6) is 2.10. The standard InChI is InChI=1S/C22H35N5O3/c1-29-19-6-4-17(5-7-19)21(28)23-9-8-18-16-20(26-12-14-30-15-13-26)25-22(24-18)27-10-2-3-11-27/h16-17,19H,2-15H2,1H3,(H,23,28). The van der Waals surface area contributed by atoms with Gasteiger partial charge in [-0.2, -0.15) is 4.98 Å². The van der Waals surface area contributed by atoms with Crippen molar-refractivity contribution in [2.75, 3.05) is 62.8 Å². The molecule has 166 valence electrons. The van der Waals surface area contributed by atoms with Crippen molar-refractivity contribution in [3.63, 3.8) is 0 Å². The van der Waals surface area contributed by atoms with Crippen LogP contribution >= 0.6 is 0 Å². The van der Waals surface area contributed by atoms with Crippen LogP contribution in [0.5, 0.6) is 0 Å². The number of hydrogen-bond acceptors (Lipinski definition) is 7. The summed E-state index contributed by atoms with van der Waals surface area (Å²) in [5.41, 5.74) is 0.997. The highest BCUT2D eigenvalue weighted by atomic mass is 16.5. The molecule has 8 heteroatoms. The Kier molecular flexibility index (Phi) is 7.38. The third-order valence-electron chi connectivity index (χ3n) is 6.54. The summed E-state index contributed by atoms with van der Waals surface area (Å²) in [6.45, 7) is 5.84. The number of carbonyl (C=O) groups is 1. The minimum absolute atomic E-state index is 0.117. The van der Waals surface area contributed by atoms with Gasteiger partial charge in [-0.15, -0.1) is 0 Å². The molecule has 2 aliphatic heterocycles. The molecule has 3 aliphatic rings. The van der Waals surface area contributed by atoms with E-state index in [1.165, 1.54) is 12.8 Å². The summed E-state index contributed by atoms with van der Waals surface area (Å²) in [5, 5.41) is 3.13. The van der Waals surface area contributed by atoms with E-state index >= 15 is 0 Å². The SMILES string of the molecule is COC1CCC(C(=O)NCCc2cc(N3CCOCC3)nc(N3CCCC3)n2)CC1. The molecule has 8 nitrogen and oxygen atoms in total. The number of rotatable bonds is 7. The molecule has 2 saturated heterocycles. The van der Waals surface area contributed by atoms with Crippen LogP contribution in [-0.2, 0) is 20.7 Å². The summed E-state index contributed by atoms with van der Waals surface area (Å²) >= 11 is 0. The molecule has 1 aromatic heterocycles. The van der Waals surface area contributed by atoms with E-state index in [-0.39, 0.29) is 11.8 Å². The van der Waals surface area contributed by atoms with Crippen molar-refractivity contribution in [3.05, 3.63) is 11.8 Å². The largest absolute Gasteiger partial charge is 0.381 e. The van der Waals surface area contributed by atoms with Crippen molar-refractivity contribution < 1.29 is 14.3 Å². The van der Waals surface area contributed by atoms with Gasteiger partial charge in [-0.3, -0.25) is 4.79 Å². The first-order chi connectivity index (χ1) is 14.7. The molecule has 3 fully saturated rings. The highest BCUT2D eigenvalue weighted by Gasteiger charge is 2.26. The van der Waals surface area contributed by atoms with Gasteiger partial charge in [-0.05, 0) is 38.5 Å². The zero-order valence-corrected chi connectivity index (χ0v) is 18.1. The van der Waals surface area contributed by atoms with E-state index in [1.807, 2.05) is 0 Å². The first kappa shape index (κ1) is 21.3. The third kappa shape index (κ3) is 5.40. The molecule has 1 aromatic rings. The number of carbonyl (C=O) groups excluding carboxylic acids is 1. The van der Waals surface area contributed by atoms with Gasteiger partial charge in [-0.1, -0.05) is 0 Å². The van der Waals surface area contributed by atoms with Gasteiger partial charge in [-0.25, -0.2) is 4.98 Å². The van der Waals surface area contributed by atoms with Crippen LogP contribution in [0, 0.1) is 5.92 Å². The number of ether oxygens (including phenoxy) is 2. The maximum Gasteiger partial charge on any atom is 0.227 e. The minimum atomic E-state index is 0.117. The summed E-state index contributed by atoms with van der Waals surface area (Å²) in [4.78, 5) is 26.8. The molecular formula is C22H35N5O3. The Bertz CT molecular complexity index is 696. The molecule has 1 amide bonds. The molecule has 0 radical (unpaired) electrons. The summed E-state index contributed by atoms with van der Waals surface area (Å²) in [6, 6.07) is 2.08. The van der Waals surface area contributed by atoms with E-state index in [2.05, 4.69) is 21.2 Å². The van der Waals surface area contributed by atoms with Crippen LogP contribution in [0.25, 0.3) is 0 Å². The van der Waals surface area contributed by atoms with E-state index in [1.54, 1.807) is 7.11 Å². The van der Waals surface area contributed by atoms with E-state index in [9.17, 15) is 4.79 Å². The lowest BCUT2D eigenvalue weighted by Gasteiger charge is -2.29. The summed E-state index contributed by atoms with van der Waals surface area (Å²) in [6.07, 6.45) is 7.21. The van der Waals surface area contributed by atoms with Crippen LogP contribution < -0.4 is 15.1 Å². The molecule has 0 spiro atoms. The predicted octanol–water partition coefficient (Wildman–Crippen LogP) is 1.78. The number of anilines is 2. The van der Waals surface area contributed by atoms with Gasteiger partial charge >= 0.3 is 0 Å². The van der Waals surface area contributed by atoms with Crippen molar-refractivity contribution in [2.45, 2.75) is 51.0 Å². The molecule has 4 rings (SSSR count). The van der Waals surface area contributed by atoms with Crippen molar-refractivity contribution in [2.24, 2.45) is 5.92 Å². The molecule has 1 aliphatic carbocycles. The lowest BCUT2D eigenvalue weighted by Crippen LogP contribution is -2.37. The lowest BCUT2D eigenvalue weighted by atomic mass is 9.87. The van der Waals surface area contributed by atoms with E-state index in [0.29, 0.717) is 12.6 Å². The van der Waals surface area contributed by atoms with E-state index in [0.717, 1.165) is 89.0 Å². The summed E-state index contributed by atoms with van der Waals surface area (Å²) < 4.78 is 10.9. The zero-order valence-electron chi connectivity index (χ0n) is 18.1. The van der Waals surface area contributed by atoms with Crippen molar-refractivity contribution >= 4 is 17.7 Å². The molecule has 0 unspecified atom stereocenters. The van der Waals surface area contributed by atoms with Gasteiger partial charge in [0.1, 0.15) is 5.82 Å². The quantitative estimate of drug-likeness (QED) is 0.724. The molecule has 3 heterocycles. The fourth-order valence-corrected chi connectivity index (χ4v) is 4.63. The van der Waals surface area contributed by atoms with Gasteiger partial charge in [0.2, 0.25) is 11.9 Å². The summed E-state index contributed by atoms with van der Waals surface area (Å²) in [7, 11) is 1.76. The maximum absolute atomic E-state index is 12.6. The number of morpholine rings is 1. The van der Waals surface area contributed by atoms with Gasteiger partial charge < -0.3 is 24.6 Å². The number of amides is 1. The Balaban J connectivity index is 1.36. The Morgan fingerprint density at radius 1 is 1.10 bits per heavy atom. The number of nitrogens with one attached hydrogen (secondary N) is 1. The smallest absolute Gasteiger partial charge is 0.227 e. The fourth-order valence-electron chi connectivity index (χ4n) is 4.63. The average molecular weight is 418 g/mol. The molecule has 0 atom stereocenters. The normalized spacial score (nSPS) is 24.8. The second-order valence-electron chi connectivity index (χ2n) is 8.56. The molecule has 1 N–H and O–H groups in total. The van der Waals surface area contributed by atoms with Crippen LogP contribution in [0.2, 0.25) is 0 Å². The van der Waals surface area contributed by atoms with Crippen LogP contribution in [0.3, 0.4) is 0 Å². The van der Waals surface area contributed by atoms with Gasteiger partial charge in [0.25, 0.3) is 0 Å². The van der Waals surface area contributed by atoms with Gasteiger partial charge in [0.05, 0.1) is 19.3 Å². The second kappa shape index (κ2) is 10.4. The zero-order chi connectivity index (χ0) is 20.8. The highest BCUT2D eigenvalue weighted by molar-refractivity contribution is 5.78. The maximum atomic E-state index is 12.6. The number of aromatic nitrogens is 2. The average Bonchev–Trinajstić information content (AvgIpc) is 3.35. The highest BCUT2D eigenvalue weighted by Crippen LogP contribution is 2.26. The molecular weight excluding hydrogens is 382 g/mol. The second-order valence-corrected chi connectivity index (χ2v) is 8.56. The van der Waals surface area contributed by atoms with Crippen LogP contribution in [0.15, 0.2) is 6.07 Å². The Hall–Kier alpha value is -1.93. The predicted molar refractivity (Wildman–Crippen MR) is 116 cm³/mol. The Morgan fingerprint density at radius 2 is 1.83 bits per heavy atom. The Labute approximate surface area is 179 Å². The Morgan fingerprint density at radius 3 is 2.53 bits per heavy atom. The molecule has 1 saturated carbocycles. The van der Waals surface area contributed by atoms with Crippen LogP contribution in [-0.4, -0.2) is 75.0 Å². The molecule has 30 heavy (non-hydrogen) atoms. The first-order valence-electron chi connectivity index (χ1n) is 11.5. The van der Waals surface area contributed by atoms with Crippen LogP contribution in [0.1, 0.15) is 44.2 Å². The first-order valence-corrected chi connectivity index (χ1v) is 11.5. The van der Waals surface area contributed by atoms with E-state index in [4.69, 9.17) is 19.4 Å². The lowest BCUT2D eigenvalue weighted by molar-refractivity contribution is -0.126. The van der Waals surface area contributed by atoms with E-state index < -0.39 is 0 Å². The van der Waals surface area contributed by atoms with Crippen LogP contribution in [0.4, 0.5) is 11.8 Å². The molecule has 0 aromatic carbocycles. The van der Waals surface area contributed by atoms with Crippen molar-refractivity contribution in [1.82, 2.24) is 15.3 Å². The minimum Gasteiger partial charge on any atom is -0.381 e.